The summed E-state index contributed by atoms with van der Waals surface area (Å²) in [5.41, 5.74) is 77.3. The van der Waals surface area contributed by atoms with Crippen molar-refractivity contribution in [3.63, 3.8) is 0 Å². The molecule has 0 unspecified atom stereocenters. The van der Waals surface area contributed by atoms with Crippen LogP contribution in [-0.2, 0) is 94.3 Å². The quantitative estimate of drug-likeness (QED) is 0.0276. The Labute approximate surface area is 871 Å². The number of benzene rings is 2. The highest BCUT2D eigenvalue weighted by molar-refractivity contribution is 6.01. The number of aromatic hydroxyl groups is 1. The van der Waals surface area contributed by atoms with E-state index < -0.39 is 204 Å². The van der Waals surface area contributed by atoms with E-state index in [9.17, 15) is 91.7 Å². The molecule has 0 aliphatic carbocycles. The first-order valence-corrected chi connectivity index (χ1v) is 53.1. The van der Waals surface area contributed by atoms with Crippen LogP contribution in [-0.4, -0.2) is 293 Å². The molecule has 0 bridgehead atoms. The van der Waals surface area contributed by atoms with Crippen molar-refractivity contribution in [1.82, 2.24) is 85.1 Å². The monoisotopic (exact) mass is 2090 g/mol. The maximum absolute atomic E-state index is 14.9. The van der Waals surface area contributed by atoms with Gasteiger partial charge in [-0.2, -0.15) is 0 Å². The molecule has 2 aromatic carbocycles. The summed E-state index contributed by atoms with van der Waals surface area (Å²) in [6.45, 7) is 5.01. The third kappa shape index (κ3) is 57.5. The average Bonchev–Trinajstić information content (AvgIpc) is 0.843. The second-order valence-electron chi connectivity index (χ2n) is 38.0. The van der Waals surface area contributed by atoms with Crippen molar-refractivity contribution in [2.24, 2.45) is 80.5 Å². The summed E-state index contributed by atoms with van der Waals surface area (Å²) >= 11 is 0. The van der Waals surface area contributed by atoms with Gasteiger partial charge in [-0.1, -0.05) is 62.7 Å². The zero-order valence-electron chi connectivity index (χ0n) is 87.3. The molecular formula is C100H181N29O19. The zero-order valence-corrected chi connectivity index (χ0v) is 87.3. The number of amides is 16. The first-order valence-electron chi connectivity index (χ1n) is 53.1. The van der Waals surface area contributed by atoms with Gasteiger partial charge in [-0.15, -0.1) is 0 Å². The highest BCUT2D eigenvalue weighted by Gasteiger charge is 2.39. The second-order valence-corrected chi connectivity index (χ2v) is 38.0. The molecular weight excluding hydrogens is 1910 g/mol. The molecule has 48 heteroatoms. The van der Waals surface area contributed by atoms with Crippen LogP contribution in [0, 0.1) is 5.92 Å². The van der Waals surface area contributed by atoms with E-state index in [4.69, 9.17) is 74.5 Å². The molecule has 0 aliphatic heterocycles. The number of carboxylic acid groups (broad SMARTS) is 1. The maximum atomic E-state index is 14.9. The standard InChI is InChI=1S/C100H181N29O19/c1-65(2)60-81(98(145)126-77(40-14-26-56-109)95(142)123-74(37-11-23-53-106)92(139)120-73(36-10-22-52-105)90(137)121-75(38-12-24-54-107)93(140)124-78(41-15-27-57-110)96(143)127-80(100(147)148)43-17-29-59-112)128-99(146)83(61-66-30-4-3-5-31-66)116-85(132)64-114-84(131)63-115-87(134)82(62-67-44-46-68(130)47-45-67)129-97(144)79(42-16-28-58-111)125-94(141)76(39-13-25-55-108)122-91(138)72(35-9-21-51-104)119-89(136)71(34-8-20-50-103)118-88(135)70(33-7-19-49-102)117-86(133)69(113)32-6-18-48-101/h3-5,30-31,44-47,65,69-83,130H,6-29,32-43,48-64,101-113H2,1-2H3,(H,114,131)(H,115,134)(H,116,132)(H,117,133)(H,118,135)(H,119,136)(H,120,139)(H,121,137)(H,122,138)(H,123,142)(H,124,140)(H,125,141)(H,126,145)(H,127,143)(H,128,146)(H,129,144)(H,147,148)/t69-,70-,71-,72-,73-,74-,75-,76-,77-,78-,79-,80-,81-,82-,83-/m0/s1. The lowest BCUT2D eigenvalue weighted by Crippen LogP contribution is -2.60. The summed E-state index contributed by atoms with van der Waals surface area (Å²) in [4.78, 5) is 244. The number of carbonyl (C=O) groups is 17. The van der Waals surface area contributed by atoms with Crippen molar-refractivity contribution >= 4 is 100 Å². The molecule has 0 saturated heterocycles. The summed E-state index contributed by atoms with van der Waals surface area (Å²) in [6.07, 6.45) is 9.97. The molecule has 48 nitrogen and oxygen atoms in total. The Kier molecular flexibility index (Phi) is 72.4. The van der Waals surface area contributed by atoms with E-state index in [0.717, 1.165) is 0 Å². The Morgan fingerprint density at radius 2 is 0.439 bits per heavy atom. The van der Waals surface area contributed by atoms with Crippen molar-refractivity contribution in [1.29, 1.82) is 0 Å². The Morgan fingerprint density at radius 3 is 0.703 bits per heavy atom. The molecule has 2 rings (SSSR count). The van der Waals surface area contributed by atoms with E-state index in [2.05, 4.69) is 85.1 Å². The molecule has 0 heterocycles. The number of rotatable bonds is 87. The molecule has 0 saturated carbocycles. The Balaban J connectivity index is 2.56. The lowest BCUT2D eigenvalue weighted by atomic mass is 10.00. The van der Waals surface area contributed by atoms with Crippen molar-refractivity contribution in [2.75, 3.05) is 91.6 Å². The Hall–Kier alpha value is -11.3. The molecule has 840 valence electrons. The van der Waals surface area contributed by atoms with E-state index in [1.54, 1.807) is 44.2 Å². The van der Waals surface area contributed by atoms with Crippen molar-refractivity contribution < 1.29 is 91.7 Å². The first-order chi connectivity index (χ1) is 71.0. The van der Waals surface area contributed by atoms with Crippen LogP contribution in [0.4, 0.5) is 0 Å². The van der Waals surface area contributed by atoms with Gasteiger partial charge in [0.15, 0.2) is 0 Å². The van der Waals surface area contributed by atoms with Crippen molar-refractivity contribution in [2.45, 2.75) is 355 Å². The van der Waals surface area contributed by atoms with Gasteiger partial charge in [0.05, 0.1) is 19.1 Å². The summed E-state index contributed by atoms with van der Waals surface area (Å²) in [7, 11) is 0. The molecule has 0 spiro atoms. The van der Waals surface area contributed by atoms with E-state index in [-0.39, 0.29) is 173 Å². The van der Waals surface area contributed by atoms with Gasteiger partial charge in [-0.25, -0.2) is 4.79 Å². The minimum Gasteiger partial charge on any atom is -0.508 e. The van der Waals surface area contributed by atoms with Crippen LogP contribution in [0.2, 0.25) is 0 Å². The molecule has 0 radical (unpaired) electrons. The van der Waals surface area contributed by atoms with Gasteiger partial charge in [-0.05, 0) is 339 Å². The molecule has 0 fully saturated rings. The number of hydrogen-bond donors (Lipinski definition) is 31. The van der Waals surface area contributed by atoms with E-state index in [1.165, 1.54) is 24.3 Å². The fourth-order valence-electron chi connectivity index (χ4n) is 16.2. The Morgan fingerprint density at radius 1 is 0.230 bits per heavy atom. The van der Waals surface area contributed by atoms with Gasteiger partial charge < -0.3 is 170 Å². The van der Waals surface area contributed by atoms with Crippen molar-refractivity contribution in [3.8, 4) is 5.75 Å². The van der Waals surface area contributed by atoms with Gasteiger partial charge >= 0.3 is 5.97 Å². The molecule has 2 aromatic rings. The molecule has 44 N–H and O–H groups in total. The second kappa shape index (κ2) is 80.7. The lowest BCUT2D eigenvalue weighted by Gasteiger charge is -2.28. The molecule has 15 atom stereocenters. The number of hydrogen-bond acceptors (Lipinski definition) is 31. The van der Waals surface area contributed by atoms with E-state index in [1.807, 2.05) is 0 Å². The van der Waals surface area contributed by atoms with Crippen LogP contribution in [0.3, 0.4) is 0 Å². The number of aliphatic carboxylic acids is 1. The van der Waals surface area contributed by atoms with Crippen LogP contribution in [0.25, 0.3) is 0 Å². The maximum Gasteiger partial charge on any atom is 0.326 e. The zero-order chi connectivity index (χ0) is 110. The van der Waals surface area contributed by atoms with Crippen molar-refractivity contribution in [3.05, 3.63) is 65.7 Å². The van der Waals surface area contributed by atoms with Gasteiger partial charge in [0.25, 0.3) is 0 Å². The summed E-state index contributed by atoms with van der Waals surface area (Å²) in [5, 5.41) is 63.5. The molecule has 0 aliphatic rings. The van der Waals surface area contributed by atoms with E-state index in [0.29, 0.717) is 178 Å². The minimum absolute atomic E-state index is 0.00507. The third-order valence-corrected chi connectivity index (χ3v) is 24.8. The number of phenolic OH excluding ortho intramolecular Hbond substituents is 1. The summed E-state index contributed by atoms with van der Waals surface area (Å²) < 4.78 is 0. The normalized spacial score (nSPS) is 14.3. The van der Waals surface area contributed by atoms with Crippen LogP contribution in [0.1, 0.15) is 263 Å². The highest BCUT2D eigenvalue weighted by Crippen LogP contribution is 2.19. The van der Waals surface area contributed by atoms with E-state index >= 15 is 0 Å². The number of phenols is 1. The van der Waals surface area contributed by atoms with Crippen LogP contribution in [0.5, 0.6) is 5.75 Å². The lowest BCUT2D eigenvalue weighted by molar-refractivity contribution is -0.142. The summed E-state index contributed by atoms with van der Waals surface area (Å²) in [6, 6.07) is -5.48. The Bertz CT molecular complexity index is 4210. The largest absolute Gasteiger partial charge is 0.508 e. The fraction of sp³-hybridized carbons (Fsp3) is 0.710. The van der Waals surface area contributed by atoms with Crippen LogP contribution < -0.4 is 160 Å². The molecule has 148 heavy (non-hydrogen) atoms. The molecule has 0 aromatic heterocycles. The molecule has 16 amide bonds. The fourth-order valence-corrected chi connectivity index (χ4v) is 16.2. The topological polar surface area (TPSA) is 861 Å². The number of carboxylic acids is 1. The van der Waals surface area contributed by atoms with Gasteiger partial charge in [0, 0.05) is 12.8 Å². The smallest absolute Gasteiger partial charge is 0.326 e. The van der Waals surface area contributed by atoms with Crippen LogP contribution in [0.15, 0.2) is 54.6 Å². The number of unbranched alkanes of at least 4 members (excludes halogenated alkanes) is 12. The minimum atomic E-state index is -1.51. The predicted molar refractivity (Wildman–Crippen MR) is 565 cm³/mol. The van der Waals surface area contributed by atoms with Gasteiger partial charge in [0.2, 0.25) is 94.5 Å². The number of nitrogens with one attached hydrogen (secondary N) is 16. The van der Waals surface area contributed by atoms with Gasteiger partial charge in [-0.3, -0.25) is 76.7 Å². The number of carbonyl (C=O) groups excluding carboxylic acids is 16. The van der Waals surface area contributed by atoms with Crippen LogP contribution >= 0.6 is 0 Å². The highest BCUT2D eigenvalue weighted by atomic mass is 16.4. The van der Waals surface area contributed by atoms with Gasteiger partial charge in [0.1, 0.15) is 90.3 Å². The average molecular weight is 2090 g/mol. The number of nitrogens with two attached hydrogens (primary N) is 13. The third-order valence-electron chi connectivity index (χ3n) is 24.8. The first kappa shape index (κ1) is 133. The SMILES string of the molecule is CC(C)C[C@H](NC(=O)[C@H](Cc1ccccc1)NC(=O)CNC(=O)CNC(=O)[C@H](Cc1ccc(O)cc1)NC(=O)[C@H](CCCCN)NC(=O)[C@H](CCCCN)NC(=O)[C@H](CCCCN)NC(=O)[C@H](CCCCN)NC(=O)[C@H](CCCCN)NC(=O)[C@@H](N)CCCCN)C(=O)N[C@@H](CCCCN)C(=O)N[C@@H](CCCCN)C(=O)N[C@@H](CCCCN)C(=O)N[C@@H](CCCCN)C(=O)N[C@@H](CCCCN)C(=O)N[C@@H](CCCCN)C(=O)O. The summed E-state index contributed by atoms with van der Waals surface area (Å²) in [5.74, 6) is -14.6. The predicted octanol–water partition coefficient (Wildman–Crippen LogP) is -4.80.